The van der Waals surface area contributed by atoms with E-state index in [2.05, 4.69) is 53.0 Å². The topological polar surface area (TPSA) is 3.24 Å². The van der Waals surface area contributed by atoms with Crippen LogP contribution in [0.4, 0.5) is 0 Å². The Morgan fingerprint density at radius 1 is 0.696 bits per heavy atom. The maximum absolute atomic E-state index is 6.97. The highest BCUT2D eigenvalue weighted by atomic mass is 35.7. The molecule has 1 fully saturated rings. The minimum absolute atomic E-state index is 0.497. The molecule has 0 saturated heterocycles. The van der Waals surface area contributed by atoms with Crippen LogP contribution in [0, 0.1) is 0 Å². The van der Waals surface area contributed by atoms with E-state index in [1.165, 1.54) is 42.7 Å². The SMILES string of the molecule is ClP(c1ccccc1)N(C1CCCCC1)P(Cl)c1ccccc1. The van der Waals surface area contributed by atoms with Crippen LogP contribution in [0.5, 0.6) is 0 Å². The second kappa shape index (κ2) is 8.80. The van der Waals surface area contributed by atoms with Gasteiger partial charge in [-0.1, -0.05) is 102 Å². The van der Waals surface area contributed by atoms with E-state index in [0.29, 0.717) is 6.04 Å². The zero-order valence-corrected chi connectivity index (χ0v) is 16.3. The summed E-state index contributed by atoms with van der Waals surface area (Å²) in [5, 5.41) is 2.39. The van der Waals surface area contributed by atoms with Gasteiger partial charge in [0.1, 0.15) is 0 Å². The van der Waals surface area contributed by atoms with Crippen LogP contribution in [-0.2, 0) is 0 Å². The molecule has 0 heterocycles. The van der Waals surface area contributed by atoms with Gasteiger partial charge in [0.25, 0.3) is 0 Å². The highest BCUT2D eigenvalue weighted by Crippen LogP contribution is 2.63. The Balaban J connectivity index is 1.89. The number of rotatable bonds is 5. The molecule has 0 amide bonds. The zero-order valence-electron chi connectivity index (χ0n) is 13.0. The number of benzene rings is 2. The van der Waals surface area contributed by atoms with Gasteiger partial charge in [0.2, 0.25) is 0 Å². The molecule has 2 aromatic rings. The van der Waals surface area contributed by atoms with Crippen molar-refractivity contribution in [2.75, 3.05) is 0 Å². The van der Waals surface area contributed by atoms with Crippen molar-refractivity contribution in [1.82, 2.24) is 4.44 Å². The van der Waals surface area contributed by atoms with Gasteiger partial charge >= 0.3 is 0 Å². The Kier molecular flexibility index (Phi) is 6.75. The predicted octanol–water partition coefficient (Wildman–Crippen LogP) is 6.37. The van der Waals surface area contributed by atoms with E-state index in [1.807, 2.05) is 12.1 Å². The largest absolute Gasteiger partial charge is 0.224 e. The lowest BCUT2D eigenvalue weighted by atomic mass is 9.96. The molecule has 1 saturated carbocycles. The van der Waals surface area contributed by atoms with Gasteiger partial charge in [-0.3, -0.25) is 0 Å². The van der Waals surface area contributed by atoms with Gasteiger partial charge in [-0.15, -0.1) is 0 Å². The summed E-state index contributed by atoms with van der Waals surface area (Å²) in [6.45, 7) is 0. The van der Waals surface area contributed by atoms with E-state index in [4.69, 9.17) is 22.5 Å². The Bertz CT molecular complexity index is 545. The van der Waals surface area contributed by atoms with E-state index in [1.54, 1.807) is 0 Å². The summed E-state index contributed by atoms with van der Waals surface area (Å²) in [5.74, 6) is 0. The average Bonchev–Trinajstić information content (AvgIpc) is 2.64. The fraction of sp³-hybridized carbons (Fsp3) is 0.333. The Hall–Kier alpha value is -0.160. The number of hydrogen-bond donors (Lipinski definition) is 0. The van der Waals surface area contributed by atoms with Crippen molar-refractivity contribution in [3.63, 3.8) is 0 Å². The third-order valence-electron chi connectivity index (χ3n) is 4.20. The fourth-order valence-corrected chi connectivity index (χ4v) is 9.47. The smallest absolute Gasteiger partial charge is 0.0996 e. The summed E-state index contributed by atoms with van der Waals surface area (Å²) in [6, 6.07) is 21.3. The van der Waals surface area contributed by atoms with Crippen LogP contribution in [0.1, 0.15) is 32.1 Å². The van der Waals surface area contributed by atoms with Crippen LogP contribution in [0.2, 0.25) is 0 Å². The van der Waals surface area contributed by atoms with E-state index < -0.39 is 14.9 Å². The van der Waals surface area contributed by atoms with E-state index in [-0.39, 0.29) is 0 Å². The second-order valence-electron chi connectivity index (χ2n) is 5.80. The first-order chi connectivity index (χ1) is 11.3. The quantitative estimate of drug-likeness (QED) is 0.541. The molecule has 0 aliphatic heterocycles. The maximum Gasteiger partial charge on any atom is 0.0996 e. The molecule has 0 bridgehead atoms. The monoisotopic (exact) mass is 383 g/mol. The molecule has 122 valence electrons. The molecule has 23 heavy (non-hydrogen) atoms. The van der Waals surface area contributed by atoms with Gasteiger partial charge in [0.05, 0.1) is 14.9 Å². The van der Waals surface area contributed by atoms with Crippen molar-refractivity contribution in [3.05, 3.63) is 60.7 Å². The molecule has 0 N–H and O–H groups in total. The van der Waals surface area contributed by atoms with E-state index in [0.717, 1.165) is 0 Å². The van der Waals surface area contributed by atoms with Crippen molar-refractivity contribution in [2.45, 2.75) is 38.1 Å². The van der Waals surface area contributed by atoms with Crippen LogP contribution in [0.15, 0.2) is 60.7 Å². The van der Waals surface area contributed by atoms with Crippen LogP contribution in [-0.4, -0.2) is 10.5 Å². The van der Waals surface area contributed by atoms with Crippen molar-refractivity contribution >= 4 is 47.9 Å². The maximum atomic E-state index is 6.97. The standard InChI is InChI=1S/C18H21Cl2NP2/c19-22(17-12-6-2-7-13-17)21(16-10-4-1-5-11-16)23(20)18-14-8-3-9-15-18/h2-3,6-9,12-16H,1,4-5,10-11H2. The van der Waals surface area contributed by atoms with Gasteiger partial charge < -0.3 is 0 Å². The molecule has 3 rings (SSSR count). The average molecular weight is 384 g/mol. The third-order valence-corrected chi connectivity index (χ3v) is 10.9. The summed E-state index contributed by atoms with van der Waals surface area (Å²) in [6.07, 6.45) is 6.31. The molecule has 2 aromatic carbocycles. The van der Waals surface area contributed by atoms with Gasteiger partial charge in [-0.25, -0.2) is 4.44 Å². The Morgan fingerprint density at radius 2 is 1.13 bits per heavy atom. The van der Waals surface area contributed by atoms with Crippen molar-refractivity contribution in [3.8, 4) is 0 Å². The summed E-state index contributed by atoms with van der Waals surface area (Å²) in [5.41, 5.74) is 0. The van der Waals surface area contributed by atoms with Crippen LogP contribution >= 0.6 is 37.3 Å². The van der Waals surface area contributed by atoms with Gasteiger partial charge in [0, 0.05) is 16.7 Å². The molecule has 0 spiro atoms. The van der Waals surface area contributed by atoms with Gasteiger partial charge in [0.15, 0.2) is 0 Å². The molecule has 0 radical (unpaired) electrons. The summed E-state index contributed by atoms with van der Waals surface area (Å²) >= 11 is 13.9. The van der Waals surface area contributed by atoms with Crippen molar-refractivity contribution < 1.29 is 0 Å². The highest BCUT2D eigenvalue weighted by molar-refractivity contribution is 8.00. The molecule has 0 aromatic heterocycles. The lowest BCUT2D eigenvalue weighted by Crippen LogP contribution is -2.31. The molecular formula is C18H21Cl2NP2. The summed E-state index contributed by atoms with van der Waals surface area (Å²) < 4.78 is 2.43. The van der Waals surface area contributed by atoms with E-state index in [9.17, 15) is 0 Å². The Labute approximate surface area is 151 Å². The van der Waals surface area contributed by atoms with E-state index >= 15 is 0 Å². The summed E-state index contributed by atoms with van der Waals surface area (Å²) in [7, 11) is -1.85. The Morgan fingerprint density at radius 3 is 1.57 bits per heavy atom. The number of hydrogen-bond acceptors (Lipinski definition) is 1. The third kappa shape index (κ3) is 4.47. The molecule has 5 heteroatoms. The van der Waals surface area contributed by atoms with Crippen molar-refractivity contribution in [1.29, 1.82) is 0 Å². The first kappa shape index (κ1) is 17.7. The molecular weight excluding hydrogens is 363 g/mol. The lowest BCUT2D eigenvalue weighted by Gasteiger charge is -2.39. The first-order valence-corrected chi connectivity index (χ1v) is 12.5. The van der Waals surface area contributed by atoms with Crippen LogP contribution in [0.25, 0.3) is 0 Å². The number of halogens is 2. The molecule has 2 atom stereocenters. The lowest BCUT2D eigenvalue weighted by molar-refractivity contribution is 0.357. The first-order valence-electron chi connectivity index (χ1n) is 8.08. The number of nitrogens with zero attached hydrogens (tertiary/aromatic N) is 1. The minimum Gasteiger partial charge on any atom is -0.224 e. The van der Waals surface area contributed by atoms with Gasteiger partial charge in [-0.05, 0) is 12.8 Å². The molecule has 1 nitrogen and oxygen atoms in total. The minimum atomic E-state index is -0.923. The second-order valence-corrected chi connectivity index (χ2v) is 11.0. The molecule has 1 aliphatic carbocycles. The summed E-state index contributed by atoms with van der Waals surface area (Å²) in [4.78, 5) is 0. The predicted molar refractivity (Wildman–Crippen MR) is 106 cm³/mol. The van der Waals surface area contributed by atoms with Crippen LogP contribution in [0.3, 0.4) is 0 Å². The molecule has 1 aliphatic rings. The van der Waals surface area contributed by atoms with Gasteiger partial charge in [-0.2, -0.15) is 0 Å². The normalized spacial score (nSPS) is 18.7. The highest BCUT2D eigenvalue weighted by Gasteiger charge is 2.33. The van der Waals surface area contributed by atoms with Crippen molar-refractivity contribution in [2.24, 2.45) is 0 Å². The molecule has 2 unspecified atom stereocenters. The van der Waals surface area contributed by atoms with Crippen LogP contribution < -0.4 is 10.6 Å². The fourth-order valence-electron chi connectivity index (χ4n) is 3.01. The zero-order chi connectivity index (χ0) is 16.1.